The van der Waals surface area contributed by atoms with Crippen LogP contribution in [0.1, 0.15) is 37.8 Å². The number of isocyanates is 2. The second-order valence-electron chi connectivity index (χ2n) is 3.68. The first-order valence-corrected chi connectivity index (χ1v) is 5.56. The van der Waals surface area contributed by atoms with E-state index in [1.165, 1.54) is 6.08 Å². The van der Waals surface area contributed by atoms with E-state index in [-0.39, 0.29) is 6.04 Å². The normalized spacial score (nSPS) is 11.1. The van der Waals surface area contributed by atoms with Gasteiger partial charge < -0.3 is 0 Å². The number of benzene rings is 1. The molecular formula is C13H14N2O2. The largest absolute Gasteiger partial charge is 0.240 e. The van der Waals surface area contributed by atoms with Crippen molar-refractivity contribution in [3.8, 4) is 0 Å². The predicted octanol–water partition coefficient (Wildman–Crippen LogP) is 3.22. The average molecular weight is 230 g/mol. The van der Waals surface area contributed by atoms with Gasteiger partial charge in [0.2, 0.25) is 12.2 Å². The van der Waals surface area contributed by atoms with E-state index in [1.807, 2.05) is 6.07 Å². The van der Waals surface area contributed by atoms with Crippen LogP contribution in [0.2, 0.25) is 0 Å². The minimum absolute atomic E-state index is 0.200. The van der Waals surface area contributed by atoms with E-state index < -0.39 is 0 Å². The van der Waals surface area contributed by atoms with Gasteiger partial charge in [-0.3, -0.25) is 0 Å². The molecule has 0 aliphatic carbocycles. The quantitative estimate of drug-likeness (QED) is 0.556. The number of aliphatic imine (C=N–C) groups is 2. The summed E-state index contributed by atoms with van der Waals surface area (Å²) in [7, 11) is 0. The second kappa shape index (κ2) is 7.29. The molecule has 0 heterocycles. The predicted molar refractivity (Wildman–Crippen MR) is 64.6 cm³/mol. The van der Waals surface area contributed by atoms with Gasteiger partial charge in [0.25, 0.3) is 0 Å². The van der Waals surface area contributed by atoms with Crippen LogP contribution in [0.5, 0.6) is 0 Å². The van der Waals surface area contributed by atoms with E-state index >= 15 is 0 Å². The van der Waals surface area contributed by atoms with Gasteiger partial charge in [0.15, 0.2) is 0 Å². The minimum Gasteiger partial charge on any atom is -0.211 e. The van der Waals surface area contributed by atoms with Gasteiger partial charge in [-0.05, 0) is 24.1 Å². The number of unbranched alkanes of at least 4 members (excludes halogenated alkanes) is 1. The van der Waals surface area contributed by atoms with Gasteiger partial charge in [0.05, 0.1) is 11.7 Å². The van der Waals surface area contributed by atoms with Crippen molar-refractivity contribution in [1.82, 2.24) is 0 Å². The lowest BCUT2D eigenvalue weighted by atomic mass is 10.0. The highest BCUT2D eigenvalue weighted by Crippen LogP contribution is 2.26. The molecule has 0 bridgehead atoms. The van der Waals surface area contributed by atoms with Crippen molar-refractivity contribution in [2.24, 2.45) is 9.98 Å². The monoisotopic (exact) mass is 230 g/mol. The van der Waals surface area contributed by atoms with E-state index in [9.17, 15) is 9.59 Å². The minimum atomic E-state index is -0.200. The Labute approximate surface area is 100 Å². The van der Waals surface area contributed by atoms with E-state index in [4.69, 9.17) is 0 Å². The number of nitrogens with zero attached hydrogens (tertiary/aromatic N) is 2. The lowest BCUT2D eigenvalue weighted by Gasteiger charge is -2.10. The Morgan fingerprint density at radius 2 is 2.12 bits per heavy atom. The molecule has 1 atom stereocenters. The van der Waals surface area contributed by atoms with Crippen molar-refractivity contribution in [3.05, 3.63) is 29.8 Å². The van der Waals surface area contributed by atoms with Crippen LogP contribution >= 0.6 is 0 Å². The molecule has 1 aromatic carbocycles. The first kappa shape index (κ1) is 13.0. The molecule has 0 radical (unpaired) electrons. The number of carbonyl (C=O) groups excluding carboxylic acids is 2. The number of hydrogen-bond acceptors (Lipinski definition) is 4. The fraction of sp³-hybridized carbons (Fsp3) is 0.385. The first-order valence-electron chi connectivity index (χ1n) is 5.56. The van der Waals surface area contributed by atoms with Gasteiger partial charge in [-0.15, -0.1) is 0 Å². The molecule has 1 unspecified atom stereocenters. The molecule has 0 aliphatic rings. The van der Waals surface area contributed by atoms with E-state index in [0.717, 1.165) is 24.8 Å². The van der Waals surface area contributed by atoms with Crippen LogP contribution in [-0.2, 0) is 9.59 Å². The molecule has 0 aromatic heterocycles. The molecule has 0 spiro atoms. The van der Waals surface area contributed by atoms with Crippen molar-refractivity contribution < 1.29 is 9.59 Å². The number of rotatable bonds is 6. The maximum atomic E-state index is 10.4. The summed E-state index contributed by atoms with van der Waals surface area (Å²) < 4.78 is 0. The SMILES string of the molecule is CCCCC(N=C=O)c1cccc(N=C=O)c1. The summed E-state index contributed by atoms with van der Waals surface area (Å²) >= 11 is 0. The third kappa shape index (κ3) is 4.15. The molecule has 0 N–H and O–H groups in total. The summed E-state index contributed by atoms with van der Waals surface area (Å²) in [6.07, 6.45) is 5.90. The summed E-state index contributed by atoms with van der Waals surface area (Å²) in [5.74, 6) is 0. The molecule has 4 nitrogen and oxygen atoms in total. The molecule has 0 saturated carbocycles. The summed E-state index contributed by atoms with van der Waals surface area (Å²) in [6.45, 7) is 2.08. The zero-order chi connectivity index (χ0) is 12.5. The van der Waals surface area contributed by atoms with Gasteiger partial charge >= 0.3 is 0 Å². The summed E-state index contributed by atoms with van der Waals surface area (Å²) in [6, 6.07) is 6.90. The van der Waals surface area contributed by atoms with E-state index in [1.54, 1.807) is 24.3 Å². The zero-order valence-electron chi connectivity index (χ0n) is 9.72. The Morgan fingerprint density at radius 1 is 1.29 bits per heavy atom. The molecule has 17 heavy (non-hydrogen) atoms. The molecule has 0 saturated heterocycles. The molecule has 0 aliphatic heterocycles. The Balaban J connectivity index is 2.96. The molecule has 4 heteroatoms. The second-order valence-corrected chi connectivity index (χ2v) is 3.68. The third-order valence-electron chi connectivity index (χ3n) is 2.47. The Morgan fingerprint density at radius 3 is 2.76 bits per heavy atom. The first-order chi connectivity index (χ1) is 8.31. The maximum absolute atomic E-state index is 10.4. The zero-order valence-corrected chi connectivity index (χ0v) is 9.72. The van der Waals surface area contributed by atoms with Gasteiger partial charge in [0.1, 0.15) is 0 Å². The van der Waals surface area contributed by atoms with Crippen LogP contribution in [0, 0.1) is 0 Å². The van der Waals surface area contributed by atoms with Crippen LogP contribution in [0.25, 0.3) is 0 Å². The summed E-state index contributed by atoms with van der Waals surface area (Å²) in [5.41, 5.74) is 1.40. The molecule has 1 rings (SSSR count). The number of hydrogen-bond donors (Lipinski definition) is 0. The fourth-order valence-electron chi connectivity index (χ4n) is 1.62. The smallest absolute Gasteiger partial charge is 0.211 e. The van der Waals surface area contributed by atoms with Crippen molar-refractivity contribution in [3.63, 3.8) is 0 Å². The standard InChI is InChI=1S/C13H14N2O2/c1-2-3-7-13(15-10-17)11-5-4-6-12(8-11)14-9-16/h4-6,8,13H,2-3,7H2,1H3. The van der Waals surface area contributed by atoms with Crippen LogP contribution in [0.4, 0.5) is 5.69 Å². The van der Waals surface area contributed by atoms with Crippen LogP contribution in [0.15, 0.2) is 34.3 Å². The lowest BCUT2D eigenvalue weighted by molar-refractivity contribution is 0.547. The van der Waals surface area contributed by atoms with Crippen LogP contribution in [-0.4, -0.2) is 12.2 Å². The van der Waals surface area contributed by atoms with Gasteiger partial charge in [-0.1, -0.05) is 31.9 Å². The summed E-state index contributed by atoms with van der Waals surface area (Å²) in [5, 5.41) is 0. The van der Waals surface area contributed by atoms with Gasteiger partial charge in [-0.2, -0.15) is 9.98 Å². The van der Waals surface area contributed by atoms with Crippen molar-refractivity contribution in [1.29, 1.82) is 0 Å². The van der Waals surface area contributed by atoms with Crippen molar-refractivity contribution >= 4 is 17.8 Å². The molecule has 0 amide bonds. The van der Waals surface area contributed by atoms with Crippen molar-refractivity contribution in [2.75, 3.05) is 0 Å². The highest BCUT2D eigenvalue weighted by molar-refractivity contribution is 5.50. The third-order valence-corrected chi connectivity index (χ3v) is 2.47. The molecule has 88 valence electrons. The summed E-state index contributed by atoms with van der Waals surface area (Å²) in [4.78, 5) is 27.9. The Bertz CT molecular complexity index is 458. The van der Waals surface area contributed by atoms with Crippen molar-refractivity contribution in [2.45, 2.75) is 32.2 Å². The highest BCUT2D eigenvalue weighted by atomic mass is 16.1. The highest BCUT2D eigenvalue weighted by Gasteiger charge is 2.09. The van der Waals surface area contributed by atoms with Crippen LogP contribution in [0.3, 0.4) is 0 Å². The van der Waals surface area contributed by atoms with E-state index in [2.05, 4.69) is 16.9 Å². The molecule has 0 fully saturated rings. The van der Waals surface area contributed by atoms with Gasteiger partial charge in [-0.25, -0.2) is 9.59 Å². The molecule has 1 aromatic rings. The fourth-order valence-corrected chi connectivity index (χ4v) is 1.62. The maximum Gasteiger partial charge on any atom is 0.240 e. The van der Waals surface area contributed by atoms with Crippen LogP contribution < -0.4 is 0 Å². The lowest BCUT2D eigenvalue weighted by Crippen LogP contribution is -1.95. The van der Waals surface area contributed by atoms with E-state index in [0.29, 0.717) is 5.69 Å². The Hall–Kier alpha value is -2.02. The Kier molecular flexibility index (Phi) is 5.59. The topological polar surface area (TPSA) is 58.9 Å². The molecular weight excluding hydrogens is 216 g/mol. The van der Waals surface area contributed by atoms with Gasteiger partial charge in [0, 0.05) is 0 Å². The average Bonchev–Trinajstić information content (AvgIpc) is 2.35.